The highest BCUT2D eigenvalue weighted by atomic mass is 32.1. The second kappa shape index (κ2) is 6.72. The average molecular weight is 302 g/mol. The van der Waals surface area contributed by atoms with E-state index in [1.54, 1.807) is 29.7 Å². The Morgan fingerprint density at radius 2 is 2.33 bits per heavy atom. The molecule has 4 nitrogen and oxygen atoms in total. The summed E-state index contributed by atoms with van der Waals surface area (Å²) in [5.41, 5.74) is 1.28. The summed E-state index contributed by atoms with van der Waals surface area (Å²) in [6.07, 6.45) is 10.4. The zero-order valence-electron chi connectivity index (χ0n) is 11.8. The third-order valence-electron chi connectivity index (χ3n) is 3.47. The fourth-order valence-corrected chi connectivity index (χ4v) is 3.56. The van der Waals surface area contributed by atoms with Gasteiger partial charge in [-0.1, -0.05) is 0 Å². The maximum Gasteiger partial charge on any atom is 0.244 e. The zero-order chi connectivity index (χ0) is 14.5. The number of furan rings is 1. The number of hydrogen-bond acceptors (Lipinski definition) is 4. The molecule has 1 N–H and O–H groups in total. The highest BCUT2D eigenvalue weighted by Crippen LogP contribution is 2.26. The summed E-state index contributed by atoms with van der Waals surface area (Å²) in [5.74, 6) is 0.575. The van der Waals surface area contributed by atoms with E-state index in [1.165, 1.54) is 35.9 Å². The lowest BCUT2D eigenvalue weighted by atomic mass is 10.0. The zero-order valence-corrected chi connectivity index (χ0v) is 12.6. The Labute approximate surface area is 127 Å². The van der Waals surface area contributed by atoms with Gasteiger partial charge in [0.05, 0.1) is 17.0 Å². The molecule has 0 fully saturated rings. The molecular formula is C16H18N2O2S. The highest BCUT2D eigenvalue weighted by molar-refractivity contribution is 7.11. The molecule has 3 rings (SSSR count). The first-order valence-electron chi connectivity index (χ1n) is 7.28. The summed E-state index contributed by atoms with van der Waals surface area (Å²) in [4.78, 5) is 17.8. The lowest BCUT2D eigenvalue weighted by Crippen LogP contribution is -2.23. The maximum absolute atomic E-state index is 11.7. The van der Waals surface area contributed by atoms with Crippen LogP contribution in [0.15, 0.2) is 28.9 Å². The van der Waals surface area contributed by atoms with Gasteiger partial charge >= 0.3 is 0 Å². The Morgan fingerprint density at radius 3 is 3.14 bits per heavy atom. The van der Waals surface area contributed by atoms with Crippen LogP contribution in [0.25, 0.3) is 6.08 Å². The first-order valence-corrected chi connectivity index (χ1v) is 8.10. The molecular weight excluding hydrogens is 284 g/mol. The molecule has 5 heteroatoms. The van der Waals surface area contributed by atoms with Crippen LogP contribution in [0.5, 0.6) is 0 Å². The van der Waals surface area contributed by atoms with Crippen molar-refractivity contribution in [3.05, 3.63) is 45.8 Å². The molecule has 2 aromatic rings. The van der Waals surface area contributed by atoms with Crippen LogP contribution in [0.4, 0.5) is 0 Å². The lowest BCUT2D eigenvalue weighted by molar-refractivity contribution is -0.116. The number of hydrogen-bond donors (Lipinski definition) is 1. The van der Waals surface area contributed by atoms with Gasteiger partial charge in [0.1, 0.15) is 5.76 Å². The van der Waals surface area contributed by atoms with Gasteiger partial charge in [-0.05, 0) is 43.9 Å². The molecule has 110 valence electrons. The van der Waals surface area contributed by atoms with Crippen molar-refractivity contribution in [3.63, 3.8) is 0 Å². The normalized spacial score (nSPS) is 14.3. The monoisotopic (exact) mass is 302 g/mol. The van der Waals surface area contributed by atoms with Crippen LogP contribution >= 0.6 is 11.3 Å². The van der Waals surface area contributed by atoms with E-state index in [4.69, 9.17) is 4.42 Å². The molecule has 1 aliphatic carbocycles. The van der Waals surface area contributed by atoms with Gasteiger partial charge in [0.15, 0.2) is 0 Å². The molecule has 0 saturated carbocycles. The molecule has 0 saturated heterocycles. The topological polar surface area (TPSA) is 55.1 Å². The van der Waals surface area contributed by atoms with Gasteiger partial charge in [-0.15, -0.1) is 11.3 Å². The minimum atomic E-state index is -0.104. The van der Waals surface area contributed by atoms with Crippen molar-refractivity contribution in [2.24, 2.45) is 0 Å². The van der Waals surface area contributed by atoms with Crippen LogP contribution in [-0.2, 0) is 24.1 Å². The number of rotatable bonds is 5. The number of nitrogens with one attached hydrogen (secondary N) is 1. The van der Waals surface area contributed by atoms with Crippen molar-refractivity contribution in [1.82, 2.24) is 10.3 Å². The number of amides is 1. The largest absolute Gasteiger partial charge is 0.465 e. The fraction of sp³-hybridized carbons (Fsp3) is 0.375. The van der Waals surface area contributed by atoms with Crippen molar-refractivity contribution in [3.8, 4) is 0 Å². The summed E-state index contributed by atoms with van der Waals surface area (Å²) in [5, 5.41) is 4.01. The Hall–Kier alpha value is -1.88. The Kier molecular flexibility index (Phi) is 4.50. The van der Waals surface area contributed by atoms with Gasteiger partial charge in [-0.25, -0.2) is 4.98 Å². The van der Waals surface area contributed by atoms with E-state index < -0.39 is 0 Å². The SMILES string of the molecule is O=C(/C=C/c1ccco1)NCCc1nc2c(s1)CCCC2. The third kappa shape index (κ3) is 3.82. The van der Waals surface area contributed by atoms with E-state index in [2.05, 4.69) is 10.3 Å². The van der Waals surface area contributed by atoms with E-state index in [1.807, 2.05) is 6.07 Å². The molecule has 0 spiro atoms. The number of fused-ring (bicyclic) bond motifs is 1. The molecule has 2 aromatic heterocycles. The quantitative estimate of drug-likeness (QED) is 0.864. The first-order chi connectivity index (χ1) is 10.3. The number of carbonyl (C=O) groups is 1. The summed E-state index contributed by atoms with van der Waals surface area (Å²) < 4.78 is 5.13. The number of carbonyl (C=O) groups excluding carboxylic acids is 1. The van der Waals surface area contributed by atoms with Gasteiger partial charge in [0.2, 0.25) is 5.91 Å². The molecule has 0 aliphatic heterocycles. The summed E-state index contributed by atoms with van der Waals surface area (Å²) in [7, 11) is 0. The van der Waals surface area contributed by atoms with E-state index in [9.17, 15) is 4.79 Å². The average Bonchev–Trinajstić information content (AvgIpc) is 3.14. The van der Waals surface area contributed by atoms with Gasteiger partial charge in [-0.3, -0.25) is 4.79 Å². The number of aryl methyl sites for hydroxylation is 2. The predicted octanol–water partition coefficient (Wildman–Crippen LogP) is 2.99. The second-order valence-electron chi connectivity index (χ2n) is 5.07. The summed E-state index contributed by atoms with van der Waals surface area (Å²) >= 11 is 1.80. The van der Waals surface area contributed by atoms with Crippen molar-refractivity contribution < 1.29 is 9.21 Å². The predicted molar refractivity (Wildman–Crippen MR) is 83.2 cm³/mol. The smallest absolute Gasteiger partial charge is 0.244 e. The minimum absolute atomic E-state index is 0.104. The third-order valence-corrected chi connectivity index (χ3v) is 4.69. The molecule has 0 atom stereocenters. The van der Waals surface area contributed by atoms with Gasteiger partial charge in [0.25, 0.3) is 0 Å². The van der Waals surface area contributed by atoms with Gasteiger partial charge in [0, 0.05) is 23.9 Å². The highest BCUT2D eigenvalue weighted by Gasteiger charge is 2.14. The molecule has 21 heavy (non-hydrogen) atoms. The van der Waals surface area contributed by atoms with Crippen LogP contribution in [0.1, 0.15) is 34.2 Å². The maximum atomic E-state index is 11.7. The number of aromatic nitrogens is 1. The second-order valence-corrected chi connectivity index (χ2v) is 6.24. The van der Waals surface area contributed by atoms with Crippen LogP contribution in [0.2, 0.25) is 0 Å². The van der Waals surface area contributed by atoms with E-state index in [0.29, 0.717) is 12.3 Å². The van der Waals surface area contributed by atoms with Crippen molar-refractivity contribution in [2.45, 2.75) is 32.1 Å². The Bertz CT molecular complexity index is 605. The van der Waals surface area contributed by atoms with Crippen molar-refractivity contribution in [2.75, 3.05) is 6.54 Å². The Balaban J connectivity index is 1.45. The first kappa shape index (κ1) is 14.1. The summed E-state index contributed by atoms with van der Waals surface area (Å²) in [6.45, 7) is 0.619. The number of nitrogens with zero attached hydrogens (tertiary/aromatic N) is 1. The lowest BCUT2D eigenvalue weighted by Gasteiger charge is -2.06. The molecule has 0 aromatic carbocycles. The molecule has 0 radical (unpaired) electrons. The van der Waals surface area contributed by atoms with Crippen LogP contribution in [0.3, 0.4) is 0 Å². The molecule has 0 bridgehead atoms. The molecule has 1 amide bonds. The molecule has 0 unspecified atom stereocenters. The van der Waals surface area contributed by atoms with Crippen LogP contribution in [-0.4, -0.2) is 17.4 Å². The van der Waals surface area contributed by atoms with Crippen molar-refractivity contribution in [1.29, 1.82) is 0 Å². The molecule has 2 heterocycles. The van der Waals surface area contributed by atoms with E-state index in [0.717, 1.165) is 17.8 Å². The fourth-order valence-electron chi connectivity index (χ4n) is 2.41. The minimum Gasteiger partial charge on any atom is -0.465 e. The van der Waals surface area contributed by atoms with Gasteiger partial charge < -0.3 is 9.73 Å². The molecule has 1 aliphatic rings. The van der Waals surface area contributed by atoms with E-state index >= 15 is 0 Å². The van der Waals surface area contributed by atoms with Crippen LogP contribution < -0.4 is 5.32 Å². The van der Waals surface area contributed by atoms with Crippen molar-refractivity contribution >= 4 is 23.3 Å². The van der Waals surface area contributed by atoms with Gasteiger partial charge in [-0.2, -0.15) is 0 Å². The summed E-state index contributed by atoms with van der Waals surface area (Å²) in [6, 6.07) is 3.60. The Morgan fingerprint density at radius 1 is 1.43 bits per heavy atom. The standard InChI is InChI=1S/C16H18N2O2S/c19-15(8-7-12-4-3-11-20-12)17-10-9-16-18-13-5-1-2-6-14(13)21-16/h3-4,7-8,11H,1-2,5-6,9-10H2,(H,17,19)/b8-7+. The van der Waals surface area contributed by atoms with E-state index in [-0.39, 0.29) is 5.91 Å². The van der Waals surface area contributed by atoms with Crippen LogP contribution in [0, 0.1) is 0 Å². The number of thiazole rings is 1.